The van der Waals surface area contributed by atoms with Gasteiger partial charge in [0.15, 0.2) is 0 Å². The first-order chi connectivity index (χ1) is 7.97. The van der Waals surface area contributed by atoms with Gasteiger partial charge in [-0.1, -0.05) is 6.92 Å². The van der Waals surface area contributed by atoms with E-state index in [4.69, 9.17) is 4.74 Å². The molecule has 0 spiro atoms. The van der Waals surface area contributed by atoms with Gasteiger partial charge in [-0.25, -0.2) is 0 Å². The Morgan fingerprint density at radius 2 is 1.33 bits per heavy atom. The lowest BCUT2D eigenvalue weighted by Crippen LogP contribution is -2.47. The first-order valence-corrected chi connectivity index (χ1v) is 7.61. The van der Waals surface area contributed by atoms with Crippen LogP contribution < -0.4 is 0 Å². The number of hydrogen-bond acceptors (Lipinski definition) is 3. The second-order valence-corrected chi connectivity index (χ2v) is 6.77. The van der Waals surface area contributed by atoms with Crippen molar-refractivity contribution in [3.8, 4) is 0 Å². The molecule has 0 aromatic rings. The van der Waals surface area contributed by atoms with Crippen LogP contribution in [-0.4, -0.2) is 34.5 Å². The zero-order chi connectivity index (χ0) is 14.4. The quantitative estimate of drug-likeness (QED) is 0.409. The van der Waals surface area contributed by atoms with E-state index in [1.165, 1.54) is 0 Å². The molecule has 0 N–H and O–H groups in total. The van der Waals surface area contributed by atoms with Crippen LogP contribution in [0.5, 0.6) is 0 Å². The molecule has 0 saturated heterocycles. The monoisotopic (exact) mass is 300 g/mol. The summed E-state index contributed by atoms with van der Waals surface area (Å²) in [7, 11) is -4.45. The minimum absolute atomic E-state index is 0.252. The van der Waals surface area contributed by atoms with Gasteiger partial charge in [0.1, 0.15) is 0 Å². The molecule has 0 bridgehead atoms. The highest BCUT2D eigenvalue weighted by Gasteiger charge is 2.50. The maximum Gasteiger partial charge on any atom is 0.514 e. The van der Waals surface area contributed by atoms with E-state index in [2.05, 4.69) is 8.85 Å². The van der Waals surface area contributed by atoms with Crippen LogP contribution in [0.4, 0.5) is 26.3 Å². The van der Waals surface area contributed by atoms with Crippen molar-refractivity contribution < 1.29 is 39.9 Å². The predicted octanol–water partition coefficient (Wildman–Crippen LogP) is 3.56. The van der Waals surface area contributed by atoms with E-state index in [0.29, 0.717) is 13.0 Å². The van der Waals surface area contributed by atoms with Crippen molar-refractivity contribution in [2.24, 2.45) is 0 Å². The van der Waals surface area contributed by atoms with E-state index in [-0.39, 0.29) is 13.2 Å². The minimum atomic E-state index is -5.17. The van der Waals surface area contributed by atoms with Crippen molar-refractivity contribution in [2.45, 2.75) is 38.7 Å². The molecule has 0 amide bonds. The Kier molecular flexibility index (Phi) is 6.61. The Morgan fingerprint density at radius 1 is 0.889 bits per heavy atom. The molecule has 0 aromatic heterocycles. The fourth-order valence-corrected chi connectivity index (χ4v) is 2.86. The van der Waals surface area contributed by atoms with Gasteiger partial charge >= 0.3 is 21.3 Å². The van der Waals surface area contributed by atoms with E-state index >= 15 is 0 Å². The van der Waals surface area contributed by atoms with Crippen molar-refractivity contribution in [1.82, 2.24) is 0 Å². The van der Waals surface area contributed by atoms with Gasteiger partial charge in [-0.15, -0.1) is 26.3 Å². The molecule has 0 aromatic carbocycles. The fourth-order valence-electron chi connectivity index (χ4n) is 1.12. The van der Waals surface area contributed by atoms with Crippen LogP contribution in [0.2, 0.25) is 12.6 Å². The summed E-state index contributed by atoms with van der Waals surface area (Å²) in [5.74, 6) is 0. The third kappa shape index (κ3) is 9.68. The second-order valence-electron chi connectivity index (χ2n) is 3.59. The molecule has 0 radical (unpaired) electrons. The minimum Gasteiger partial charge on any atom is -0.382 e. The normalized spacial score (nSPS) is 14.0. The molecule has 0 aliphatic carbocycles. The number of ether oxygens (including phenoxy) is 1. The van der Waals surface area contributed by atoms with Crippen LogP contribution >= 0.6 is 0 Å². The van der Waals surface area contributed by atoms with Gasteiger partial charge in [-0.05, 0) is 13.0 Å². The smallest absolute Gasteiger partial charge is 0.382 e. The molecule has 0 heterocycles. The summed E-state index contributed by atoms with van der Waals surface area (Å²) in [6.07, 6.45) is -9.73. The Hall–Kier alpha value is -0.323. The Morgan fingerprint density at radius 3 is 1.67 bits per heavy atom. The highest BCUT2D eigenvalue weighted by atomic mass is 28.4. The SMILES string of the molecule is CCCOCC[Si](C)(OC(F)(F)F)OC(F)(F)F. The number of halogens is 6. The third-order valence-corrected chi connectivity index (χ3v) is 4.15. The van der Waals surface area contributed by atoms with E-state index in [9.17, 15) is 26.3 Å². The Bertz CT molecular complexity index is 226. The molecule has 110 valence electrons. The van der Waals surface area contributed by atoms with Crippen LogP contribution in [0, 0.1) is 0 Å². The largest absolute Gasteiger partial charge is 0.514 e. The summed E-state index contributed by atoms with van der Waals surface area (Å²) in [6.45, 7) is 2.43. The maximum absolute atomic E-state index is 12.0. The van der Waals surface area contributed by atoms with Crippen molar-refractivity contribution >= 4 is 8.56 Å². The van der Waals surface area contributed by atoms with Crippen LogP contribution in [-0.2, 0) is 13.6 Å². The summed E-state index contributed by atoms with van der Waals surface area (Å²) >= 11 is 0. The lowest BCUT2D eigenvalue weighted by molar-refractivity contribution is -0.322. The van der Waals surface area contributed by atoms with Crippen LogP contribution in [0.15, 0.2) is 0 Å². The van der Waals surface area contributed by atoms with Crippen LogP contribution in [0.1, 0.15) is 13.3 Å². The zero-order valence-electron chi connectivity index (χ0n) is 9.82. The van der Waals surface area contributed by atoms with Crippen molar-refractivity contribution in [3.05, 3.63) is 0 Å². The third-order valence-electron chi connectivity index (χ3n) is 1.71. The van der Waals surface area contributed by atoms with E-state index in [0.717, 1.165) is 0 Å². The average Bonchev–Trinajstić information content (AvgIpc) is 2.05. The zero-order valence-corrected chi connectivity index (χ0v) is 10.8. The summed E-state index contributed by atoms with van der Waals surface area (Å²) in [4.78, 5) is 0. The van der Waals surface area contributed by atoms with Crippen LogP contribution in [0.3, 0.4) is 0 Å². The molecule has 0 unspecified atom stereocenters. The molecule has 0 aliphatic rings. The fraction of sp³-hybridized carbons (Fsp3) is 1.00. The summed E-state index contributed by atoms with van der Waals surface area (Å²) in [5.41, 5.74) is 0. The molecule has 10 heteroatoms. The molecule has 0 rings (SSSR count). The lowest BCUT2D eigenvalue weighted by atomic mass is 10.5. The summed E-state index contributed by atoms with van der Waals surface area (Å²) < 4.78 is 84.0. The van der Waals surface area contributed by atoms with Gasteiger partial charge in [-0.3, -0.25) is 0 Å². The van der Waals surface area contributed by atoms with Gasteiger partial charge in [0.2, 0.25) is 0 Å². The molecule has 0 atom stereocenters. The highest BCUT2D eigenvalue weighted by Crippen LogP contribution is 2.31. The number of hydrogen-bond donors (Lipinski definition) is 0. The molecule has 0 fully saturated rings. The molecular weight excluding hydrogens is 286 g/mol. The van der Waals surface area contributed by atoms with E-state index < -0.39 is 27.3 Å². The van der Waals surface area contributed by atoms with Gasteiger partial charge in [0.25, 0.3) is 0 Å². The maximum atomic E-state index is 12.0. The van der Waals surface area contributed by atoms with Gasteiger partial charge < -0.3 is 13.6 Å². The predicted molar refractivity (Wildman–Crippen MR) is 51.8 cm³/mol. The Balaban J connectivity index is 4.50. The first kappa shape index (κ1) is 17.7. The molecule has 18 heavy (non-hydrogen) atoms. The van der Waals surface area contributed by atoms with Crippen molar-refractivity contribution in [1.29, 1.82) is 0 Å². The van der Waals surface area contributed by atoms with Gasteiger partial charge in [0.05, 0.1) is 0 Å². The second kappa shape index (κ2) is 6.73. The highest BCUT2D eigenvalue weighted by molar-refractivity contribution is 6.66. The average molecular weight is 300 g/mol. The van der Waals surface area contributed by atoms with Gasteiger partial charge in [-0.2, -0.15) is 0 Å². The number of alkyl halides is 6. The van der Waals surface area contributed by atoms with Crippen molar-refractivity contribution in [3.63, 3.8) is 0 Å². The molecule has 0 saturated carbocycles. The Labute approximate surface area is 101 Å². The standard InChI is InChI=1S/C8H14F6O3Si/c1-3-4-15-5-6-18(2,16-7(9,10)11)17-8(12,13)14/h3-6H2,1-2H3. The lowest BCUT2D eigenvalue weighted by Gasteiger charge is -2.28. The summed E-state index contributed by atoms with van der Waals surface area (Å²) in [5, 5.41) is 0. The van der Waals surface area contributed by atoms with E-state index in [1.807, 2.05) is 0 Å². The van der Waals surface area contributed by atoms with E-state index in [1.54, 1.807) is 6.92 Å². The van der Waals surface area contributed by atoms with Crippen LogP contribution in [0.25, 0.3) is 0 Å². The van der Waals surface area contributed by atoms with Gasteiger partial charge in [0, 0.05) is 19.3 Å². The topological polar surface area (TPSA) is 27.7 Å². The molecular formula is C8H14F6O3Si. The molecule has 3 nitrogen and oxygen atoms in total. The van der Waals surface area contributed by atoms with Crippen molar-refractivity contribution in [2.75, 3.05) is 13.2 Å². The first-order valence-electron chi connectivity index (χ1n) is 5.09. The summed E-state index contributed by atoms with van der Waals surface area (Å²) in [6, 6.07) is -0.563. The molecule has 0 aliphatic heterocycles. The number of rotatable bonds is 7.